The number of aromatic nitrogens is 1. The zero-order valence-electron chi connectivity index (χ0n) is 13.9. The van der Waals surface area contributed by atoms with Gasteiger partial charge in [-0.15, -0.1) is 0 Å². The van der Waals surface area contributed by atoms with E-state index in [1.165, 1.54) is 11.1 Å². The van der Waals surface area contributed by atoms with Gasteiger partial charge in [0.1, 0.15) is 0 Å². The molecule has 118 valence electrons. The Morgan fingerprint density at radius 1 is 1.00 bits per heavy atom. The Morgan fingerprint density at radius 2 is 1.74 bits per heavy atom. The van der Waals surface area contributed by atoms with Gasteiger partial charge in [-0.05, 0) is 49.1 Å². The maximum absolute atomic E-state index is 12.4. The van der Waals surface area contributed by atoms with E-state index in [1.54, 1.807) is 0 Å². The average molecular weight is 306 g/mol. The van der Waals surface area contributed by atoms with Crippen LogP contribution in [0.3, 0.4) is 0 Å². The summed E-state index contributed by atoms with van der Waals surface area (Å²) >= 11 is 0. The lowest BCUT2D eigenvalue weighted by atomic mass is 10.0. The van der Waals surface area contributed by atoms with Crippen LogP contribution >= 0.6 is 0 Å². The minimum atomic E-state index is -0.0207. The summed E-state index contributed by atoms with van der Waals surface area (Å²) in [7, 11) is 0. The summed E-state index contributed by atoms with van der Waals surface area (Å²) in [5.41, 5.74) is 6.31. The molecule has 1 heterocycles. The van der Waals surface area contributed by atoms with Crippen LogP contribution in [0.5, 0.6) is 0 Å². The van der Waals surface area contributed by atoms with Crippen molar-refractivity contribution in [2.45, 2.75) is 33.7 Å². The molecule has 0 aliphatic carbocycles. The number of hydrogen-bond donors (Lipinski definition) is 2. The number of aromatic amines is 1. The lowest BCUT2D eigenvalue weighted by Gasteiger charge is -2.12. The van der Waals surface area contributed by atoms with E-state index in [0.717, 1.165) is 34.1 Å². The normalized spacial score (nSPS) is 10.9. The quantitative estimate of drug-likeness (QED) is 0.754. The molecule has 0 saturated heterocycles. The maximum atomic E-state index is 12.4. The smallest absolute Gasteiger partial charge is 0.253 e. The van der Waals surface area contributed by atoms with Gasteiger partial charge in [0.05, 0.1) is 5.52 Å². The van der Waals surface area contributed by atoms with Crippen LogP contribution in [0.4, 0.5) is 5.69 Å². The Kier molecular flexibility index (Phi) is 4.20. The Bertz CT molecular complexity index is 909. The third-order valence-corrected chi connectivity index (χ3v) is 4.39. The fraction of sp³-hybridized carbons (Fsp3) is 0.250. The molecule has 0 fully saturated rings. The molecule has 23 heavy (non-hydrogen) atoms. The third kappa shape index (κ3) is 3.00. The van der Waals surface area contributed by atoms with Crippen LogP contribution in [-0.2, 0) is 13.0 Å². The number of H-pyrrole nitrogens is 1. The average Bonchev–Trinajstić information content (AvgIpc) is 2.57. The number of fused-ring (bicyclic) bond motifs is 1. The van der Waals surface area contributed by atoms with Gasteiger partial charge < -0.3 is 10.3 Å². The number of pyridine rings is 1. The predicted molar refractivity (Wildman–Crippen MR) is 97.2 cm³/mol. The van der Waals surface area contributed by atoms with Crippen molar-refractivity contribution in [2.24, 2.45) is 0 Å². The van der Waals surface area contributed by atoms with Crippen molar-refractivity contribution in [3.8, 4) is 0 Å². The Balaban J connectivity index is 1.96. The van der Waals surface area contributed by atoms with Crippen LogP contribution in [-0.4, -0.2) is 4.98 Å². The molecule has 0 aliphatic heterocycles. The SMILES string of the molecule is CCc1ccccc1NCc1cc2c(C)ccc(C)c2[nH]c1=O. The minimum Gasteiger partial charge on any atom is -0.381 e. The van der Waals surface area contributed by atoms with Crippen molar-refractivity contribution in [1.29, 1.82) is 0 Å². The van der Waals surface area contributed by atoms with Crippen LogP contribution in [0.15, 0.2) is 47.3 Å². The lowest BCUT2D eigenvalue weighted by molar-refractivity contribution is 1.06. The van der Waals surface area contributed by atoms with Crippen molar-refractivity contribution in [3.05, 3.63) is 75.1 Å². The standard InChI is InChI=1S/C20H22N2O/c1-4-15-7-5-6-8-18(15)21-12-16-11-17-13(2)9-10-14(3)19(17)22-20(16)23/h5-11,21H,4,12H2,1-3H3,(H,22,23). The van der Waals surface area contributed by atoms with Crippen molar-refractivity contribution in [2.75, 3.05) is 5.32 Å². The van der Waals surface area contributed by atoms with Gasteiger partial charge in [0.25, 0.3) is 5.56 Å². The summed E-state index contributed by atoms with van der Waals surface area (Å²) in [6.45, 7) is 6.75. The molecule has 0 spiro atoms. The van der Waals surface area contributed by atoms with Gasteiger partial charge in [-0.25, -0.2) is 0 Å². The van der Waals surface area contributed by atoms with Crippen molar-refractivity contribution in [3.63, 3.8) is 0 Å². The number of benzene rings is 2. The van der Waals surface area contributed by atoms with E-state index >= 15 is 0 Å². The first kappa shape index (κ1) is 15.3. The number of anilines is 1. The highest BCUT2D eigenvalue weighted by Crippen LogP contribution is 2.21. The van der Waals surface area contributed by atoms with E-state index in [2.05, 4.69) is 42.3 Å². The van der Waals surface area contributed by atoms with Crippen LogP contribution in [0.25, 0.3) is 10.9 Å². The minimum absolute atomic E-state index is 0.0207. The number of para-hydroxylation sites is 1. The van der Waals surface area contributed by atoms with Crippen LogP contribution in [0.1, 0.15) is 29.2 Å². The zero-order valence-corrected chi connectivity index (χ0v) is 13.9. The highest BCUT2D eigenvalue weighted by molar-refractivity contribution is 5.85. The molecular weight excluding hydrogens is 284 g/mol. The van der Waals surface area contributed by atoms with Crippen molar-refractivity contribution < 1.29 is 0 Å². The Hall–Kier alpha value is -2.55. The maximum Gasteiger partial charge on any atom is 0.253 e. The number of hydrogen-bond acceptors (Lipinski definition) is 2. The van der Waals surface area contributed by atoms with Crippen LogP contribution in [0, 0.1) is 13.8 Å². The predicted octanol–water partition coefficient (Wildman–Crippen LogP) is 4.32. The molecule has 0 unspecified atom stereocenters. The van der Waals surface area contributed by atoms with Gasteiger partial charge in [-0.2, -0.15) is 0 Å². The topological polar surface area (TPSA) is 44.9 Å². The first-order valence-electron chi connectivity index (χ1n) is 8.04. The van der Waals surface area contributed by atoms with E-state index in [9.17, 15) is 4.79 Å². The van der Waals surface area contributed by atoms with E-state index in [4.69, 9.17) is 0 Å². The zero-order chi connectivity index (χ0) is 16.4. The molecule has 2 N–H and O–H groups in total. The molecule has 2 aromatic carbocycles. The summed E-state index contributed by atoms with van der Waals surface area (Å²) in [5.74, 6) is 0. The summed E-state index contributed by atoms with van der Waals surface area (Å²) < 4.78 is 0. The fourth-order valence-electron chi connectivity index (χ4n) is 2.94. The molecule has 0 saturated carbocycles. The fourth-order valence-corrected chi connectivity index (χ4v) is 2.94. The van der Waals surface area contributed by atoms with Crippen molar-refractivity contribution >= 4 is 16.6 Å². The Labute approximate surface area is 136 Å². The number of aryl methyl sites for hydroxylation is 3. The molecule has 0 atom stereocenters. The lowest BCUT2D eigenvalue weighted by Crippen LogP contribution is -2.16. The van der Waals surface area contributed by atoms with Gasteiger partial charge in [0, 0.05) is 23.2 Å². The highest BCUT2D eigenvalue weighted by atomic mass is 16.1. The van der Waals surface area contributed by atoms with E-state index in [1.807, 2.05) is 31.2 Å². The van der Waals surface area contributed by atoms with Gasteiger partial charge in [0.15, 0.2) is 0 Å². The van der Waals surface area contributed by atoms with E-state index in [0.29, 0.717) is 6.54 Å². The largest absolute Gasteiger partial charge is 0.381 e. The van der Waals surface area contributed by atoms with Gasteiger partial charge >= 0.3 is 0 Å². The molecule has 3 aromatic rings. The van der Waals surface area contributed by atoms with Crippen LogP contribution in [0.2, 0.25) is 0 Å². The van der Waals surface area contributed by atoms with Gasteiger partial charge in [-0.1, -0.05) is 37.3 Å². The van der Waals surface area contributed by atoms with Crippen LogP contribution < -0.4 is 10.9 Å². The highest BCUT2D eigenvalue weighted by Gasteiger charge is 2.07. The first-order valence-corrected chi connectivity index (χ1v) is 8.04. The van der Waals surface area contributed by atoms with Gasteiger partial charge in [0.2, 0.25) is 0 Å². The third-order valence-electron chi connectivity index (χ3n) is 4.39. The molecule has 0 radical (unpaired) electrons. The molecule has 0 bridgehead atoms. The molecule has 3 rings (SSSR count). The van der Waals surface area contributed by atoms with E-state index < -0.39 is 0 Å². The number of rotatable bonds is 4. The second kappa shape index (κ2) is 6.29. The molecule has 1 aromatic heterocycles. The molecular formula is C20H22N2O. The molecule has 3 heteroatoms. The summed E-state index contributed by atoms with van der Waals surface area (Å²) in [6.07, 6.45) is 0.968. The second-order valence-corrected chi connectivity index (χ2v) is 5.98. The van der Waals surface area contributed by atoms with E-state index in [-0.39, 0.29) is 5.56 Å². The molecule has 3 nitrogen and oxygen atoms in total. The second-order valence-electron chi connectivity index (χ2n) is 5.98. The molecule has 0 amide bonds. The van der Waals surface area contributed by atoms with Crippen molar-refractivity contribution in [1.82, 2.24) is 4.98 Å². The monoisotopic (exact) mass is 306 g/mol. The first-order chi connectivity index (χ1) is 11.1. The number of nitrogens with one attached hydrogen (secondary N) is 2. The molecule has 0 aliphatic rings. The Morgan fingerprint density at radius 3 is 2.52 bits per heavy atom. The van der Waals surface area contributed by atoms with Gasteiger partial charge in [-0.3, -0.25) is 4.79 Å². The summed E-state index contributed by atoms with van der Waals surface area (Å²) in [4.78, 5) is 15.4. The summed E-state index contributed by atoms with van der Waals surface area (Å²) in [6, 6.07) is 14.4. The summed E-state index contributed by atoms with van der Waals surface area (Å²) in [5, 5.41) is 4.52.